The summed E-state index contributed by atoms with van der Waals surface area (Å²) >= 11 is 0. The van der Waals surface area contributed by atoms with Crippen LogP contribution in [0.5, 0.6) is 11.5 Å². The third-order valence-electron chi connectivity index (χ3n) is 2.98. The highest BCUT2D eigenvalue weighted by Crippen LogP contribution is 2.33. The molecule has 1 aliphatic heterocycles. The minimum absolute atomic E-state index is 0.250. The zero-order valence-electron chi connectivity index (χ0n) is 10.4. The van der Waals surface area contributed by atoms with Crippen LogP contribution in [0.2, 0.25) is 0 Å². The van der Waals surface area contributed by atoms with Crippen molar-refractivity contribution in [2.24, 2.45) is 0 Å². The Bertz CT molecular complexity index is 424. The summed E-state index contributed by atoms with van der Waals surface area (Å²) in [4.78, 5) is 10.9. The quantitative estimate of drug-likeness (QED) is 0.803. The molecule has 0 aromatic heterocycles. The van der Waals surface area contributed by atoms with Gasteiger partial charge in [0.15, 0.2) is 11.5 Å². The molecule has 2 rings (SSSR count). The normalized spacial score (nSPS) is 13.5. The van der Waals surface area contributed by atoms with Crippen molar-refractivity contribution in [1.82, 2.24) is 0 Å². The lowest BCUT2D eigenvalue weighted by Crippen LogP contribution is -2.15. The Balaban J connectivity index is 2.09. The van der Waals surface area contributed by atoms with Crippen LogP contribution in [0.3, 0.4) is 0 Å². The topological polar surface area (TPSA) is 35.5 Å². The molecule has 1 aromatic rings. The maximum Gasteiger partial charge on any atom is 0.161 e. The fourth-order valence-corrected chi connectivity index (χ4v) is 2.03. The Kier molecular flexibility index (Phi) is 3.67. The molecule has 0 atom stereocenters. The van der Waals surface area contributed by atoms with Crippen molar-refractivity contribution in [3.05, 3.63) is 23.3 Å². The summed E-state index contributed by atoms with van der Waals surface area (Å²) in [5, 5.41) is 0. The highest BCUT2D eigenvalue weighted by Gasteiger charge is 2.13. The van der Waals surface area contributed by atoms with Gasteiger partial charge in [-0.05, 0) is 49.9 Å². The lowest BCUT2D eigenvalue weighted by molar-refractivity contribution is -0.117. The van der Waals surface area contributed by atoms with Gasteiger partial charge in [0.25, 0.3) is 0 Å². The van der Waals surface area contributed by atoms with Crippen LogP contribution >= 0.6 is 0 Å². The molecule has 0 unspecified atom stereocenters. The van der Waals surface area contributed by atoms with Crippen molar-refractivity contribution in [3.63, 3.8) is 0 Å². The van der Waals surface area contributed by atoms with Crippen molar-refractivity contribution < 1.29 is 14.3 Å². The molecule has 0 N–H and O–H groups in total. The van der Waals surface area contributed by atoms with Crippen LogP contribution in [0, 0.1) is 6.92 Å². The molecule has 0 saturated heterocycles. The van der Waals surface area contributed by atoms with Crippen LogP contribution in [-0.4, -0.2) is 19.0 Å². The predicted molar refractivity (Wildman–Crippen MR) is 65.8 cm³/mol. The first-order valence-electron chi connectivity index (χ1n) is 6.05. The van der Waals surface area contributed by atoms with E-state index in [9.17, 15) is 4.79 Å². The number of carbonyl (C=O) groups excluding carboxylic acids is 1. The van der Waals surface area contributed by atoms with Crippen molar-refractivity contribution in [2.45, 2.75) is 33.1 Å². The van der Waals surface area contributed by atoms with E-state index in [2.05, 4.69) is 6.92 Å². The van der Waals surface area contributed by atoms with Gasteiger partial charge in [-0.15, -0.1) is 0 Å². The molecule has 0 fully saturated rings. The molecule has 0 bridgehead atoms. The van der Waals surface area contributed by atoms with Gasteiger partial charge < -0.3 is 14.3 Å². The number of benzene rings is 1. The molecule has 17 heavy (non-hydrogen) atoms. The summed E-state index contributed by atoms with van der Waals surface area (Å²) in [5.41, 5.74) is 2.45. The average molecular weight is 234 g/mol. The van der Waals surface area contributed by atoms with E-state index in [1.807, 2.05) is 12.1 Å². The second kappa shape index (κ2) is 5.21. The molecule has 1 aromatic carbocycles. The van der Waals surface area contributed by atoms with Crippen LogP contribution in [0.25, 0.3) is 0 Å². The van der Waals surface area contributed by atoms with Crippen molar-refractivity contribution in [2.75, 3.05) is 13.2 Å². The Morgan fingerprint density at radius 1 is 1.24 bits per heavy atom. The Labute approximate surface area is 102 Å². The van der Waals surface area contributed by atoms with E-state index < -0.39 is 0 Å². The number of carbonyl (C=O) groups is 1. The Morgan fingerprint density at radius 2 is 1.88 bits per heavy atom. The van der Waals surface area contributed by atoms with E-state index in [0.29, 0.717) is 19.6 Å². The molecule has 1 aliphatic rings. The molecule has 3 nitrogen and oxygen atoms in total. The zero-order valence-corrected chi connectivity index (χ0v) is 10.4. The second-order valence-corrected chi connectivity index (χ2v) is 4.48. The van der Waals surface area contributed by atoms with Crippen LogP contribution in [0.15, 0.2) is 12.1 Å². The monoisotopic (exact) mass is 234 g/mol. The summed E-state index contributed by atoms with van der Waals surface area (Å²) < 4.78 is 11.1. The highest BCUT2D eigenvalue weighted by atomic mass is 16.6. The third kappa shape index (κ3) is 2.99. The van der Waals surface area contributed by atoms with Crippen molar-refractivity contribution >= 4 is 5.78 Å². The molecule has 0 spiro atoms. The maximum atomic E-state index is 10.9. The van der Waals surface area contributed by atoms with Gasteiger partial charge in [-0.2, -0.15) is 0 Å². The minimum Gasteiger partial charge on any atom is -0.486 e. The number of ether oxygens (including phenoxy) is 2. The largest absolute Gasteiger partial charge is 0.486 e. The summed E-state index contributed by atoms with van der Waals surface area (Å²) in [6.45, 7) is 4.94. The van der Waals surface area contributed by atoms with Crippen molar-refractivity contribution in [1.29, 1.82) is 0 Å². The molecule has 0 saturated carbocycles. The lowest BCUT2D eigenvalue weighted by atomic mass is 10.0. The van der Waals surface area contributed by atoms with Gasteiger partial charge in [0.05, 0.1) is 0 Å². The average Bonchev–Trinajstić information content (AvgIpc) is 2.29. The number of fused-ring (bicyclic) bond motifs is 1. The number of hydrogen-bond acceptors (Lipinski definition) is 3. The van der Waals surface area contributed by atoms with E-state index in [0.717, 1.165) is 24.3 Å². The fraction of sp³-hybridized carbons (Fsp3) is 0.500. The molecule has 3 heteroatoms. The number of hydrogen-bond donors (Lipinski definition) is 0. The number of Topliss-reactive ketones (excluding diaryl/α,β-unsaturated/α-hetero) is 1. The van der Waals surface area contributed by atoms with Crippen LogP contribution in [-0.2, 0) is 11.2 Å². The van der Waals surface area contributed by atoms with Crippen LogP contribution in [0.4, 0.5) is 0 Å². The van der Waals surface area contributed by atoms with Gasteiger partial charge in [0, 0.05) is 6.42 Å². The summed E-state index contributed by atoms with van der Waals surface area (Å²) in [7, 11) is 0. The zero-order chi connectivity index (χ0) is 12.3. The van der Waals surface area contributed by atoms with Gasteiger partial charge in [0.2, 0.25) is 0 Å². The fourth-order valence-electron chi connectivity index (χ4n) is 2.03. The van der Waals surface area contributed by atoms with E-state index >= 15 is 0 Å². The number of rotatable bonds is 4. The molecular weight excluding hydrogens is 216 g/mol. The van der Waals surface area contributed by atoms with Gasteiger partial charge in [0.1, 0.15) is 19.0 Å². The highest BCUT2D eigenvalue weighted by molar-refractivity contribution is 5.75. The molecule has 0 amide bonds. The standard InChI is InChI=1S/C14H18O3/c1-10-8-13-14(17-7-6-16-13)9-12(10)5-3-4-11(2)15/h8-9H,3-7H2,1-2H3. The molecular formula is C14H18O3. The van der Waals surface area contributed by atoms with Gasteiger partial charge in [-0.25, -0.2) is 0 Å². The van der Waals surface area contributed by atoms with Crippen LogP contribution < -0.4 is 9.47 Å². The first-order valence-corrected chi connectivity index (χ1v) is 6.05. The third-order valence-corrected chi connectivity index (χ3v) is 2.98. The van der Waals surface area contributed by atoms with Crippen LogP contribution in [0.1, 0.15) is 30.9 Å². The van der Waals surface area contributed by atoms with E-state index in [1.54, 1.807) is 6.92 Å². The first kappa shape index (κ1) is 12.0. The van der Waals surface area contributed by atoms with E-state index in [4.69, 9.17) is 9.47 Å². The minimum atomic E-state index is 0.250. The number of aryl methyl sites for hydroxylation is 2. The SMILES string of the molecule is CC(=O)CCCc1cc2c(cc1C)OCCO2. The summed E-state index contributed by atoms with van der Waals surface area (Å²) in [6.07, 6.45) is 2.46. The molecule has 92 valence electrons. The van der Waals surface area contributed by atoms with Gasteiger partial charge in [-0.3, -0.25) is 0 Å². The summed E-state index contributed by atoms with van der Waals surface area (Å²) in [5.74, 6) is 1.92. The Hall–Kier alpha value is -1.51. The maximum absolute atomic E-state index is 10.9. The first-order chi connectivity index (χ1) is 8.16. The predicted octanol–water partition coefficient (Wildman–Crippen LogP) is 2.68. The van der Waals surface area contributed by atoms with Gasteiger partial charge in [-0.1, -0.05) is 0 Å². The smallest absolute Gasteiger partial charge is 0.161 e. The second-order valence-electron chi connectivity index (χ2n) is 4.48. The molecule has 1 heterocycles. The lowest BCUT2D eigenvalue weighted by Gasteiger charge is -2.20. The van der Waals surface area contributed by atoms with Crippen molar-refractivity contribution in [3.8, 4) is 11.5 Å². The van der Waals surface area contributed by atoms with Gasteiger partial charge >= 0.3 is 0 Å². The molecule has 0 aliphatic carbocycles. The van der Waals surface area contributed by atoms with E-state index in [1.165, 1.54) is 11.1 Å². The molecule has 0 radical (unpaired) electrons. The number of ketones is 1. The van der Waals surface area contributed by atoms with E-state index in [-0.39, 0.29) is 5.78 Å². The Morgan fingerprint density at radius 3 is 2.53 bits per heavy atom. The summed E-state index contributed by atoms with van der Waals surface area (Å²) in [6, 6.07) is 4.07.